The quantitative estimate of drug-likeness (QED) is 0.560. The van der Waals surface area contributed by atoms with E-state index >= 15 is 0 Å². The third-order valence-electron chi connectivity index (χ3n) is 8.83. The Bertz CT molecular complexity index is 1350. The largest absolute Gasteiger partial charge is 0.489 e. The van der Waals surface area contributed by atoms with Crippen molar-refractivity contribution in [3.8, 4) is 5.75 Å². The Labute approximate surface area is 216 Å². The minimum Gasteiger partial charge on any atom is -0.489 e. The van der Waals surface area contributed by atoms with Gasteiger partial charge in [-0.2, -0.15) is 5.10 Å². The summed E-state index contributed by atoms with van der Waals surface area (Å²) in [6, 6.07) is 12.3. The molecule has 2 N–H and O–H groups in total. The van der Waals surface area contributed by atoms with Crippen LogP contribution >= 0.6 is 0 Å². The predicted molar refractivity (Wildman–Crippen MR) is 139 cm³/mol. The zero-order valence-corrected chi connectivity index (χ0v) is 21.0. The lowest BCUT2D eigenvalue weighted by Gasteiger charge is -2.48. The van der Waals surface area contributed by atoms with Crippen LogP contribution in [-0.2, 0) is 11.3 Å². The summed E-state index contributed by atoms with van der Waals surface area (Å²) in [5, 5.41) is 11.5. The second-order valence-corrected chi connectivity index (χ2v) is 11.0. The van der Waals surface area contributed by atoms with Crippen molar-refractivity contribution in [3.63, 3.8) is 0 Å². The SMILES string of the molecule is O=C1NCCCC1N1Cc2cc(O[C@@H]3CCCC[C@H]3N3CC(c4cccc5[nH]ncc45)C3)ccc2C1=O. The number of piperidine rings is 1. The minimum absolute atomic E-state index is 0.0363. The van der Waals surface area contributed by atoms with Gasteiger partial charge in [0, 0.05) is 49.1 Å². The second-order valence-electron chi connectivity index (χ2n) is 11.0. The molecule has 0 radical (unpaired) electrons. The van der Waals surface area contributed by atoms with Gasteiger partial charge < -0.3 is 15.0 Å². The third kappa shape index (κ3) is 3.98. The van der Waals surface area contributed by atoms with Crippen LogP contribution in [0.4, 0.5) is 0 Å². The van der Waals surface area contributed by atoms with Crippen LogP contribution in [0.2, 0.25) is 0 Å². The molecule has 1 aliphatic carbocycles. The van der Waals surface area contributed by atoms with Crippen LogP contribution in [-0.4, -0.2) is 69.6 Å². The summed E-state index contributed by atoms with van der Waals surface area (Å²) >= 11 is 0. The second kappa shape index (κ2) is 9.17. The van der Waals surface area contributed by atoms with E-state index in [1.807, 2.05) is 24.4 Å². The summed E-state index contributed by atoms with van der Waals surface area (Å²) in [7, 11) is 0. The van der Waals surface area contributed by atoms with Gasteiger partial charge in [-0.25, -0.2) is 0 Å². The Balaban J connectivity index is 1.04. The molecule has 1 aromatic heterocycles. The zero-order chi connectivity index (χ0) is 24.9. The van der Waals surface area contributed by atoms with Crippen molar-refractivity contribution in [2.75, 3.05) is 19.6 Å². The van der Waals surface area contributed by atoms with Crippen LogP contribution < -0.4 is 10.1 Å². The van der Waals surface area contributed by atoms with Gasteiger partial charge in [-0.3, -0.25) is 19.6 Å². The summed E-state index contributed by atoms with van der Waals surface area (Å²) in [6.45, 7) is 3.27. The molecule has 7 rings (SSSR count). The maximum absolute atomic E-state index is 13.0. The molecule has 0 bridgehead atoms. The van der Waals surface area contributed by atoms with Crippen molar-refractivity contribution in [3.05, 3.63) is 59.3 Å². The van der Waals surface area contributed by atoms with Crippen LogP contribution in [0.15, 0.2) is 42.6 Å². The van der Waals surface area contributed by atoms with Crippen molar-refractivity contribution in [2.45, 2.75) is 69.2 Å². The number of rotatable bonds is 5. The van der Waals surface area contributed by atoms with E-state index in [1.165, 1.54) is 23.8 Å². The van der Waals surface area contributed by atoms with Crippen LogP contribution in [0.5, 0.6) is 5.75 Å². The Hall–Kier alpha value is -3.39. The Morgan fingerprint density at radius 2 is 1.89 bits per heavy atom. The topological polar surface area (TPSA) is 90.6 Å². The number of H-pyrrole nitrogens is 1. The molecular formula is C29H33N5O3. The van der Waals surface area contributed by atoms with E-state index in [0.29, 0.717) is 30.6 Å². The molecule has 192 valence electrons. The van der Waals surface area contributed by atoms with Gasteiger partial charge >= 0.3 is 0 Å². The standard InChI is InChI=1S/C29H33N5O3/c35-28-26(8-4-12-30-28)34-17-18-13-20(10-11-22(18)29(34)36)37-27-9-2-1-7-25(27)33-15-19(16-33)21-5-3-6-24-23(21)14-31-32-24/h3,5-6,10-11,13-14,19,25-27H,1-2,4,7-9,12,15-17H2,(H,30,35)(H,31,32)/t25-,26?,27-/m1/s1. The maximum Gasteiger partial charge on any atom is 0.255 e. The summed E-state index contributed by atoms with van der Waals surface area (Å²) in [4.78, 5) is 29.7. The lowest BCUT2D eigenvalue weighted by Crippen LogP contribution is -2.57. The molecule has 0 spiro atoms. The summed E-state index contributed by atoms with van der Waals surface area (Å²) < 4.78 is 6.62. The number of aromatic amines is 1. The monoisotopic (exact) mass is 499 g/mol. The van der Waals surface area contributed by atoms with Gasteiger partial charge in [0.25, 0.3) is 5.91 Å². The summed E-state index contributed by atoms with van der Waals surface area (Å²) in [5.41, 5.74) is 4.15. The fourth-order valence-electron chi connectivity index (χ4n) is 6.83. The summed E-state index contributed by atoms with van der Waals surface area (Å²) in [6.07, 6.45) is 8.35. The molecule has 2 amide bonds. The normalized spacial score (nSPS) is 26.7. The molecule has 1 saturated carbocycles. The van der Waals surface area contributed by atoms with Crippen molar-refractivity contribution < 1.29 is 14.3 Å². The molecule has 3 fully saturated rings. The highest BCUT2D eigenvalue weighted by Crippen LogP contribution is 2.38. The number of nitrogens with one attached hydrogen (secondary N) is 2. The number of amides is 2. The molecule has 1 unspecified atom stereocenters. The highest BCUT2D eigenvalue weighted by atomic mass is 16.5. The number of aromatic nitrogens is 2. The molecule has 4 heterocycles. The first-order valence-electron chi connectivity index (χ1n) is 13.7. The number of benzene rings is 2. The number of fused-ring (bicyclic) bond motifs is 2. The van der Waals surface area contributed by atoms with E-state index in [2.05, 4.69) is 38.6 Å². The van der Waals surface area contributed by atoms with Gasteiger partial charge in [0.1, 0.15) is 17.9 Å². The van der Waals surface area contributed by atoms with E-state index < -0.39 is 0 Å². The van der Waals surface area contributed by atoms with Crippen LogP contribution in [0.3, 0.4) is 0 Å². The number of nitrogens with zero attached hydrogens (tertiary/aromatic N) is 3. The number of hydrogen-bond acceptors (Lipinski definition) is 5. The lowest BCUT2D eigenvalue weighted by atomic mass is 9.83. The Kier molecular flexibility index (Phi) is 5.65. The first kappa shape index (κ1) is 22.8. The van der Waals surface area contributed by atoms with Gasteiger partial charge in [0.2, 0.25) is 5.91 Å². The minimum atomic E-state index is -0.368. The van der Waals surface area contributed by atoms with E-state index in [0.717, 1.165) is 55.6 Å². The van der Waals surface area contributed by atoms with E-state index in [9.17, 15) is 9.59 Å². The smallest absolute Gasteiger partial charge is 0.255 e. The molecule has 3 atom stereocenters. The lowest BCUT2D eigenvalue weighted by molar-refractivity contribution is -0.127. The van der Waals surface area contributed by atoms with Gasteiger partial charge in [0.15, 0.2) is 0 Å². The van der Waals surface area contributed by atoms with Gasteiger partial charge in [-0.1, -0.05) is 18.6 Å². The maximum atomic E-state index is 13.0. The Morgan fingerprint density at radius 1 is 1.00 bits per heavy atom. The number of carbonyl (C=O) groups is 2. The molecule has 8 nitrogen and oxygen atoms in total. The fourth-order valence-corrected chi connectivity index (χ4v) is 6.83. The van der Waals surface area contributed by atoms with E-state index in [-0.39, 0.29) is 24.0 Å². The molecule has 8 heteroatoms. The Morgan fingerprint density at radius 3 is 2.78 bits per heavy atom. The molecule has 3 aromatic rings. The highest BCUT2D eigenvalue weighted by molar-refractivity contribution is 6.01. The van der Waals surface area contributed by atoms with Crippen LogP contribution in [0.1, 0.15) is 65.9 Å². The van der Waals surface area contributed by atoms with Gasteiger partial charge in [-0.05, 0) is 67.5 Å². The van der Waals surface area contributed by atoms with Gasteiger partial charge in [-0.15, -0.1) is 0 Å². The molecule has 3 aliphatic heterocycles. The van der Waals surface area contributed by atoms with Crippen molar-refractivity contribution in [1.29, 1.82) is 0 Å². The van der Waals surface area contributed by atoms with Crippen molar-refractivity contribution >= 4 is 22.7 Å². The van der Waals surface area contributed by atoms with Crippen molar-refractivity contribution in [2.24, 2.45) is 0 Å². The molecule has 37 heavy (non-hydrogen) atoms. The fraction of sp³-hybridized carbons (Fsp3) is 0.483. The number of carbonyl (C=O) groups excluding carboxylic acids is 2. The van der Waals surface area contributed by atoms with Gasteiger partial charge in [0.05, 0.1) is 11.7 Å². The summed E-state index contributed by atoms with van der Waals surface area (Å²) in [5.74, 6) is 1.28. The molecule has 2 aromatic carbocycles. The van der Waals surface area contributed by atoms with Crippen LogP contribution in [0, 0.1) is 0 Å². The first-order chi connectivity index (χ1) is 18.2. The number of hydrogen-bond donors (Lipinski definition) is 2. The zero-order valence-electron chi connectivity index (χ0n) is 21.0. The number of likely N-dealkylation sites (tertiary alicyclic amines) is 1. The molecule has 2 saturated heterocycles. The van der Waals surface area contributed by atoms with Crippen molar-refractivity contribution in [1.82, 2.24) is 25.3 Å². The molecular weight excluding hydrogens is 466 g/mol. The average molecular weight is 500 g/mol. The third-order valence-corrected chi connectivity index (χ3v) is 8.83. The predicted octanol–water partition coefficient (Wildman–Crippen LogP) is 3.59. The molecule has 4 aliphatic rings. The first-order valence-corrected chi connectivity index (χ1v) is 13.7. The number of ether oxygens (including phenoxy) is 1. The van der Waals surface area contributed by atoms with Crippen LogP contribution in [0.25, 0.3) is 10.9 Å². The highest BCUT2D eigenvalue weighted by Gasteiger charge is 2.41. The average Bonchev–Trinajstić information content (AvgIpc) is 3.49. The van der Waals surface area contributed by atoms with E-state index in [4.69, 9.17) is 4.74 Å². The van der Waals surface area contributed by atoms with E-state index in [1.54, 1.807) is 4.90 Å².